The molecular weight excluding hydrogens is 294 g/mol. The van der Waals surface area contributed by atoms with E-state index >= 15 is 0 Å². The van der Waals surface area contributed by atoms with Gasteiger partial charge >= 0.3 is 0 Å². The predicted molar refractivity (Wildman–Crippen MR) is 90.8 cm³/mol. The number of carbonyl (C=O) groups excluding carboxylic acids is 2. The Labute approximate surface area is 137 Å². The maximum atomic E-state index is 11.9. The number of hydrogen-bond donors (Lipinski definition) is 1. The maximum absolute atomic E-state index is 11.9. The molecule has 1 aromatic carbocycles. The molecule has 0 spiro atoms. The van der Waals surface area contributed by atoms with E-state index in [9.17, 15) is 9.59 Å². The zero-order valence-corrected chi connectivity index (χ0v) is 14.4. The van der Waals surface area contributed by atoms with E-state index in [4.69, 9.17) is 9.47 Å². The van der Waals surface area contributed by atoms with Crippen LogP contribution in [0, 0.1) is 5.41 Å². The number of methoxy groups -OCH3 is 2. The van der Waals surface area contributed by atoms with Crippen LogP contribution in [0.5, 0.6) is 11.5 Å². The Morgan fingerprint density at radius 1 is 1.17 bits per heavy atom. The van der Waals surface area contributed by atoms with Gasteiger partial charge in [0.2, 0.25) is 5.91 Å². The SMILES string of the molecule is COc1cc(/C=C/C=O)c(CCNC(=O)C(C)(C)C)cc1OC. The molecule has 5 heteroatoms. The van der Waals surface area contributed by atoms with E-state index < -0.39 is 5.41 Å². The minimum atomic E-state index is -0.419. The molecule has 0 saturated carbocycles. The first kappa shape index (κ1) is 18.7. The molecule has 126 valence electrons. The zero-order valence-electron chi connectivity index (χ0n) is 14.4. The van der Waals surface area contributed by atoms with E-state index in [0.29, 0.717) is 24.5 Å². The van der Waals surface area contributed by atoms with Crippen molar-refractivity contribution in [1.29, 1.82) is 0 Å². The number of ether oxygens (including phenoxy) is 2. The van der Waals surface area contributed by atoms with Crippen LogP contribution in [0.2, 0.25) is 0 Å². The van der Waals surface area contributed by atoms with Crippen molar-refractivity contribution in [2.45, 2.75) is 27.2 Å². The summed E-state index contributed by atoms with van der Waals surface area (Å²) in [5, 5.41) is 2.92. The molecule has 5 nitrogen and oxygen atoms in total. The number of aldehydes is 1. The Bertz CT molecular complexity index is 585. The highest BCUT2D eigenvalue weighted by molar-refractivity contribution is 5.81. The number of carbonyl (C=O) groups is 2. The fourth-order valence-corrected chi connectivity index (χ4v) is 2.03. The van der Waals surface area contributed by atoms with Gasteiger partial charge in [0.25, 0.3) is 0 Å². The zero-order chi connectivity index (χ0) is 17.5. The van der Waals surface area contributed by atoms with Crippen LogP contribution in [0.4, 0.5) is 0 Å². The molecule has 23 heavy (non-hydrogen) atoms. The Morgan fingerprint density at radius 2 is 1.78 bits per heavy atom. The first-order valence-electron chi connectivity index (χ1n) is 7.48. The number of rotatable bonds is 7. The lowest BCUT2D eigenvalue weighted by Gasteiger charge is -2.18. The summed E-state index contributed by atoms with van der Waals surface area (Å²) in [4.78, 5) is 22.5. The topological polar surface area (TPSA) is 64.6 Å². The molecule has 1 aromatic rings. The highest BCUT2D eigenvalue weighted by Crippen LogP contribution is 2.31. The summed E-state index contributed by atoms with van der Waals surface area (Å²) >= 11 is 0. The molecule has 1 amide bonds. The van der Waals surface area contributed by atoms with Gasteiger partial charge in [0.05, 0.1) is 14.2 Å². The monoisotopic (exact) mass is 319 g/mol. The largest absolute Gasteiger partial charge is 0.493 e. The molecular formula is C18H25NO4. The highest BCUT2D eigenvalue weighted by Gasteiger charge is 2.20. The molecule has 0 aliphatic rings. The van der Waals surface area contributed by atoms with Crippen molar-refractivity contribution in [2.75, 3.05) is 20.8 Å². The van der Waals surface area contributed by atoms with Gasteiger partial charge in [-0.05, 0) is 35.8 Å². The van der Waals surface area contributed by atoms with Gasteiger partial charge in [0, 0.05) is 12.0 Å². The number of allylic oxidation sites excluding steroid dienone is 1. The Balaban J connectivity index is 2.96. The molecule has 0 aliphatic carbocycles. The fourth-order valence-electron chi connectivity index (χ4n) is 2.03. The molecule has 0 heterocycles. The Kier molecular flexibility index (Phi) is 6.82. The fraction of sp³-hybridized carbons (Fsp3) is 0.444. The lowest BCUT2D eigenvalue weighted by Crippen LogP contribution is -2.36. The smallest absolute Gasteiger partial charge is 0.225 e. The molecule has 0 saturated heterocycles. The van der Waals surface area contributed by atoms with Gasteiger partial charge in [-0.15, -0.1) is 0 Å². The molecule has 1 N–H and O–H groups in total. The van der Waals surface area contributed by atoms with Crippen LogP contribution in [0.1, 0.15) is 31.9 Å². The lowest BCUT2D eigenvalue weighted by molar-refractivity contribution is -0.128. The van der Waals surface area contributed by atoms with Crippen molar-refractivity contribution >= 4 is 18.3 Å². The third-order valence-corrected chi connectivity index (χ3v) is 3.36. The molecule has 0 fully saturated rings. The second kappa shape index (κ2) is 8.36. The van der Waals surface area contributed by atoms with E-state index in [2.05, 4.69) is 5.32 Å². The van der Waals surface area contributed by atoms with Gasteiger partial charge in [-0.1, -0.05) is 26.8 Å². The van der Waals surface area contributed by atoms with Gasteiger partial charge in [0.1, 0.15) is 6.29 Å². The van der Waals surface area contributed by atoms with E-state index in [-0.39, 0.29) is 5.91 Å². The van der Waals surface area contributed by atoms with Gasteiger partial charge in [-0.2, -0.15) is 0 Å². The van der Waals surface area contributed by atoms with Crippen LogP contribution >= 0.6 is 0 Å². The van der Waals surface area contributed by atoms with Crippen molar-refractivity contribution in [3.8, 4) is 11.5 Å². The average Bonchev–Trinajstić information content (AvgIpc) is 2.51. The lowest BCUT2D eigenvalue weighted by atomic mass is 9.95. The number of benzene rings is 1. The van der Waals surface area contributed by atoms with Crippen LogP contribution in [-0.2, 0) is 16.0 Å². The summed E-state index contributed by atoms with van der Waals surface area (Å²) < 4.78 is 10.6. The quantitative estimate of drug-likeness (QED) is 0.620. The van der Waals surface area contributed by atoms with Gasteiger partial charge in [-0.25, -0.2) is 0 Å². The summed E-state index contributed by atoms with van der Waals surface area (Å²) in [6.45, 7) is 6.12. The Morgan fingerprint density at radius 3 is 2.30 bits per heavy atom. The highest BCUT2D eigenvalue weighted by atomic mass is 16.5. The molecule has 0 atom stereocenters. The first-order chi connectivity index (χ1) is 10.8. The molecule has 0 aromatic heterocycles. The van der Waals surface area contributed by atoms with Crippen molar-refractivity contribution in [1.82, 2.24) is 5.32 Å². The minimum Gasteiger partial charge on any atom is -0.493 e. The second-order valence-electron chi connectivity index (χ2n) is 6.16. The average molecular weight is 319 g/mol. The summed E-state index contributed by atoms with van der Waals surface area (Å²) in [5.74, 6) is 1.22. The van der Waals surface area contributed by atoms with Crippen LogP contribution in [0.3, 0.4) is 0 Å². The molecule has 1 rings (SSSR count). The molecule has 0 aliphatic heterocycles. The van der Waals surface area contributed by atoms with Crippen LogP contribution in [0.25, 0.3) is 6.08 Å². The van der Waals surface area contributed by atoms with Crippen LogP contribution in [-0.4, -0.2) is 33.0 Å². The van der Waals surface area contributed by atoms with Gasteiger partial charge in [0.15, 0.2) is 11.5 Å². The van der Waals surface area contributed by atoms with E-state index in [1.54, 1.807) is 20.3 Å². The van der Waals surface area contributed by atoms with Gasteiger partial charge < -0.3 is 14.8 Å². The predicted octanol–water partition coefficient (Wildman–Crippen LogP) is 2.62. The number of nitrogens with one attached hydrogen (secondary N) is 1. The summed E-state index contributed by atoms with van der Waals surface area (Å²) in [5.41, 5.74) is 1.41. The third kappa shape index (κ3) is 5.43. The minimum absolute atomic E-state index is 0.00274. The van der Waals surface area contributed by atoms with Crippen molar-refractivity contribution < 1.29 is 19.1 Å². The third-order valence-electron chi connectivity index (χ3n) is 3.36. The number of hydrogen-bond acceptors (Lipinski definition) is 4. The maximum Gasteiger partial charge on any atom is 0.225 e. The first-order valence-corrected chi connectivity index (χ1v) is 7.48. The van der Waals surface area contributed by atoms with Gasteiger partial charge in [-0.3, -0.25) is 9.59 Å². The number of amides is 1. The normalized spacial score (nSPS) is 11.3. The summed E-state index contributed by atoms with van der Waals surface area (Å²) in [7, 11) is 3.14. The summed E-state index contributed by atoms with van der Waals surface area (Å²) in [6.07, 6.45) is 4.50. The molecule has 0 unspecified atom stereocenters. The van der Waals surface area contributed by atoms with Crippen LogP contribution < -0.4 is 14.8 Å². The van der Waals surface area contributed by atoms with E-state index in [1.165, 1.54) is 6.08 Å². The second-order valence-corrected chi connectivity index (χ2v) is 6.16. The van der Waals surface area contributed by atoms with E-state index in [1.807, 2.05) is 32.9 Å². The van der Waals surface area contributed by atoms with Crippen molar-refractivity contribution in [3.05, 3.63) is 29.3 Å². The van der Waals surface area contributed by atoms with E-state index in [0.717, 1.165) is 17.4 Å². The Hall–Kier alpha value is -2.30. The van der Waals surface area contributed by atoms with Crippen LogP contribution in [0.15, 0.2) is 18.2 Å². The summed E-state index contributed by atoms with van der Waals surface area (Å²) in [6, 6.07) is 3.69. The standard InChI is InChI=1S/C18H25NO4/c1-18(2,3)17(21)19-9-8-14-12-16(23-5)15(22-4)11-13(14)7-6-10-20/h6-7,10-12H,8-9H2,1-5H3,(H,19,21)/b7-6+. The molecule has 0 radical (unpaired) electrons. The van der Waals surface area contributed by atoms with Crippen molar-refractivity contribution in [3.63, 3.8) is 0 Å². The van der Waals surface area contributed by atoms with Crippen molar-refractivity contribution in [2.24, 2.45) is 5.41 Å². The molecule has 0 bridgehead atoms.